The number of aryl methyl sites for hydroxylation is 1. The topological polar surface area (TPSA) is 85.6 Å². The summed E-state index contributed by atoms with van der Waals surface area (Å²) < 4.78 is 13.3. The Labute approximate surface area is 220 Å². The molecule has 37 heavy (non-hydrogen) atoms. The molecule has 0 aliphatic heterocycles. The molecule has 0 saturated heterocycles. The number of carbonyl (C=O) groups is 1. The Kier molecular flexibility index (Phi) is 9.16. The van der Waals surface area contributed by atoms with E-state index in [1.807, 2.05) is 93.2 Å². The fourth-order valence-electron chi connectivity index (χ4n) is 4.13. The first-order valence-corrected chi connectivity index (χ1v) is 12.8. The normalized spacial score (nSPS) is 13.7. The number of benzene rings is 2. The van der Waals surface area contributed by atoms with Crippen LogP contribution in [-0.4, -0.2) is 39.0 Å². The maximum Gasteiger partial charge on any atom is 0.407 e. The van der Waals surface area contributed by atoms with Crippen LogP contribution in [0.25, 0.3) is 11.3 Å². The third kappa shape index (κ3) is 8.44. The number of imidazole rings is 1. The van der Waals surface area contributed by atoms with Gasteiger partial charge in [0, 0.05) is 30.8 Å². The van der Waals surface area contributed by atoms with Crippen molar-refractivity contribution in [3.05, 3.63) is 77.7 Å². The molecule has 200 valence electrons. The quantitative estimate of drug-likeness (QED) is 0.351. The Hall–Kier alpha value is -3.16. The van der Waals surface area contributed by atoms with E-state index in [0.717, 1.165) is 22.6 Å². The van der Waals surface area contributed by atoms with Gasteiger partial charge in [-0.15, -0.1) is 0 Å². The fourth-order valence-corrected chi connectivity index (χ4v) is 4.13. The SMILES string of the molecule is Cn1cc(-c2ccc(C(O)C(CCOCc3ccccc3)NC(=O)OC(C)(C)C)cc2)nc1C(C)(C)C. The molecule has 0 saturated carbocycles. The molecule has 2 unspecified atom stereocenters. The van der Waals surface area contributed by atoms with Gasteiger partial charge >= 0.3 is 6.09 Å². The zero-order chi connectivity index (χ0) is 27.2. The zero-order valence-corrected chi connectivity index (χ0v) is 23.1. The van der Waals surface area contributed by atoms with E-state index in [9.17, 15) is 9.90 Å². The second-order valence-electron chi connectivity index (χ2n) is 11.5. The Balaban J connectivity index is 1.71. The average molecular weight is 508 g/mol. The number of ether oxygens (including phenoxy) is 2. The van der Waals surface area contributed by atoms with Crippen molar-refractivity contribution in [1.82, 2.24) is 14.9 Å². The van der Waals surface area contributed by atoms with Gasteiger partial charge in [0.25, 0.3) is 0 Å². The molecule has 3 rings (SSSR count). The van der Waals surface area contributed by atoms with Crippen molar-refractivity contribution in [3.8, 4) is 11.3 Å². The van der Waals surface area contributed by atoms with E-state index in [4.69, 9.17) is 14.5 Å². The number of aromatic nitrogens is 2. The first-order chi connectivity index (χ1) is 17.3. The molecule has 0 fully saturated rings. The van der Waals surface area contributed by atoms with Crippen molar-refractivity contribution in [2.75, 3.05) is 6.61 Å². The summed E-state index contributed by atoms with van der Waals surface area (Å²) in [5, 5.41) is 14.1. The summed E-state index contributed by atoms with van der Waals surface area (Å²) in [5.41, 5.74) is 2.90. The number of hydrogen-bond donors (Lipinski definition) is 2. The molecular formula is C30H41N3O4. The van der Waals surface area contributed by atoms with E-state index in [0.29, 0.717) is 25.2 Å². The minimum absolute atomic E-state index is 0.0632. The van der Waals surface area contributed by atoms with Crippen LogP contribution in [0.5, 0.6) is 0 Å². The maximum atomic E-state index is 12.5. The summed E-state index contributed by atoms with van der Waals surface area (Å²) in [6, 6.07) is 17.0. The van der Waals surface area contributed by atoms with E-state index >= 15 is 0 Å². The molecular weight excluding hydrogens is 466 g/mol. The van der Waals surface area contributed by atoms with Gasteiger partial charge in [-0.05, 0) is 38.3 Å². The van der Waals surface area contributed by atoms with Crippen LogP contribution in [0.2, 0.25) is 0 Å². The molecule has 7 nitrogen and oxygen atoms in total. The van der Waals surface area contributed by atoms with E-state index in [1.165, 1.54) is 0 Å². The third-order valence-electron chi connectivity index (χ3n) is 5.86. The molecule has 2 atom stereocenters. The number of carbonyl (C=O) groups excluding carboxylic acids is 1. The van der Waals surface area contributed by atoms with Crippen molar-refractivity contribution >= 4 is 6.09 Å². The Morgan fingerprint density at radius 2 is 1.68 bits per heavy atom. The Bertz CT molecular complexity index is 1140. The van der Waals surface area contributed by atoms with Gasteiger partial charge in [0.15, 0.2) is 0 Å². The van der Waals surface area contributed by atoms with E-state index in [-0.39, 0.29) is 5.41 Å². The minimum atomic E-state index is -0.934. The van der Waals surface area contributed by atoms with Crippen LogP contribution in [0.1, 0.15) is 71.0 Å². The predicted molar refractivity (Wildman–Crippen MR) is 146 cm³/mol. The molecule has 1 aromatic heterocycles. The predicted octanol–water partition coefficient (Wildman–Crippen LogP) is 5.92. The Morgan fingerprint density at radius 1 is 1.03 bits per heavy atom. The first-order valence-electron chi connectivity index (χ1n) is 12.8. The zero-order valence-electron chi connectivity index (χ0n) is 23.1. The van der Waals surface area contributed by atoms with Gasteiger partial charge in [-0.2, -0.15) is 0 Å². The molecule has 2 N–H and O–H groups in total. The van der Waals surface area contributed by atoms with Crippen molar-refractivity contribution in [2.45, 2.75) is 77.7 Å². The number of aliphatic hydroxyl groups excluding tert-OH is 1. The lowest BCUT2D eigenvalue weighted by atomic mass is 9.96. The molecule has 0 aliphatic carbocycles. The molecule has 0 spiro atoms. The average Bonchev–Trinajstić information content (AvgIpc) is 3.22. The second kappa shape index (κ2) is 11.9. The van der Waals surface area contributed by atoms with Crippen molar-refractivity contribution in [1.29, 1.82) is 0 Å². The lowest BCUT2D eigenvalue weighted by Crippen LogP contribution is -2.43. The van der Waals surface area contributed by atoms with Crippen LogP contribution in [0.15, 0.2) is 60.8 Å². The van der Waals surface area contributed by atoms with Crippen LogP contribution in [-0.2, 0) is 28.5 Å². The first kappa shape index (κ1) is 28.4. The summed E-state index contributed by atoms with van der Waals surface area (Å²) in [7, 11) is 2.00. The summed E-state index contributed by atoms with van der Waals surface area (Å²) in [6.45, 7) is 12.7. The largest absolute Gasteiger partial charge is 0.444 e. The number of alkyl carbamates (subject to hydrolysis) is 1. The highest BCUT2D eigenvalue weighted by molar-refractivity contribution is 5.68. The number of amides is 1. The number of rotatable bonds is 9. The summed E-state index contributed by atoms with van der Waals surface area (Å²) in [4.78, 5) is 17.3. The monoisotopic (exact) mass is 507 g/mol. The summed E-state index contributed by atoms with van der Waals surface area (Å²) >= 11 is 0. The van der Waals surface area contributed by atoms with Gasteiger partial charge in [-0.1, -0.05) is 75.4 Å². The standard InChI is InChI=1S/C30H41N3O4/c1-29(2,3)27-31-25(19-33(27)7)22-13-15-23(16-14-22)26(34)24(32-28(35)37-30(4,5)6)17-18-36-20-21-11-9-8-10-12-21/h8-16,19,24,26,34H,17-18,20H2,1-7H3,(H,32,35). The van der Waals surface area contributed by atoms with Gasteiger partial charge in [-0.3, -0.25) is 0 Å². The highest BCUT2D eigenvalue weighted by atomic mass is 16.6. The molecule has 1 heterocycles. The number of aliphatic hydroxyl groups is 1. The van der Waals surface area contributed by atoms with E-state index < -0.39 is 23.8 Å². The van der Waals surface area contributed by atoms with Gasteiger partial charge < -0.3 is 24.5 Å². The highest BCUT2D eigenvalue weighted by Crippen LogP contribution is 2.27. The number of nitrogens with one attached hydrogen (secondary N) is 1. The van der Waals surface area contributed by atoms with Gasteiger partial charge in [0.1, 0.15) is 11.4 Å². The van der Waals surface area contributed by atoms with Crippen LogP contribution in [0.3, 0.4) is 0 Å². The molecule has 0 aliphatic rings. The van der Waals surface area contributed by atoms with E-state index in [2.05, 4.69) is 26.1 Å². The minimum Gasteiger partial charge on any atom is -0.444 e. The molecule has 3 aromatic rings. The third-order valence-corrected chi connectivity index (χ3v) is 5.86. The van der Waals surface area contributed by atoms with Crippen LogP contribution in [0.4, 0.5) is 4.79 Å². The highest BCUT2D eigenvalue weighted by Gasteiger charge is 2.26. The second-order valence-corrected chi connectivity index (χ2v) is 11.5. The summed E-state index contributed by atoms with van der Waals surface area (Å²) in [6.07, 6.45) is 0.933. The van der Waals surface area contributed by atoms with Crippen molar-refractivity contribution in [3.63, 3.8) is 0 Å². The van der Waals surface area contributed by atoms with Crippen LogP contribution in [0, 0.1) is 0 Å². The van der Waals surface area contributed by atoms with Crippen LogP contribution < -0.4 is 5.32 Å². The molecule has 1 amide bonds. The Morgan fingerprint density at radius 3 is 2.24 bits per heavy atom. The molecule has 7 heteroatoms. The lowest BCUT2D eigenvalue weighted by Gasteiger charge is -2.27. The fraction of sp³-hybridized carbons (Fsp3) is 0.467. The lowest BCUT2D eigenvalue weighted by molar-refractivity contribution is 0.0355. The van der Waals surface area contributed by atoms with Gasteiger partial charge in [0.2, 0.25) is 0 Å². The smallest absolute Gasteiger partial charge is 0.407 e. The van der Waals surface area contributed by atoms with Gasteiger partial charge in [-0.25, -0.2) is 9.78 Å². The summed E-state index contributed by atoms with van der Waals surface area (Å²) in [5.74, 6) is 1.00. The number of hydrogen-bond acceptors (Lipinski definition) is 5. The molecule has 2 aromatic carbocycles. The maximum absolute atomic E-state index is 12.5. The molecule has 0 radical (unpaired) electrons. The van der Waals surface area contributed by atoms with Crippen molar-refractivity contribution in [2.24, 2.45) is 7.05 Å². The van der Waals surface area contributed by atoms with Crippen molar-refractivity contribution < 1.29 is 19.4 Å². The number of nitrogens with zero attached hydrogens (tertiary/aromatic N) is 2. The molecule has 0 bridgehead atoms. The van der Waals surface area contributed by atoms with Crippen LogP contribution >= 0.6 is 0 Å². The van der Waals surface area contributed by atoms with Gasteiger partial charge in [0.05, 0.1) is 24.4 Å². The van der Waals surface area contributed by atoms with E-state index in [1.54, 1.807) is 0 Å².